The number of fused-ring (bicyclic) bond motifs is 1. The summed E-state index contributed by atoms with van der Waals surface area (Å²) in [5.74, 6) is 1.52. The van der Waals surface area contributed by atoms with Crippen molar-refractivity contribution in [2.45, 2.75) is 32.9 Å². The van der Waals surface area contributed by atoms with E-state index < -0.39 is 0 Å². The van der Waals surface area contributed by atoms with E-state index in [9.17, 15) is 0 Å². The molecular formula is C20H19Cl2N5O. The van der Waals surface area contributed by atoms with Crippen LogP contribution in [0.4, 0.5) is 0 Å². The molecule has 0 radical (unpaired) electrons. The third kappa shape index (κ3) is 3.98. The monoisotopic (exact) mass is 415 g/mol. The lowest BCUT2D eigenvalue weighted by atomic mass is 10.2. The van der Waals surface area contributed by atoms with Crippen LogP contribution in [0.15, 0.2) is 42.5 Å². The molecule has 2 heterocycles. The molecule has 2 aromatic heterocycles. The number of hydrogen-bond acceptors (Lipinski definition) is 4. The van der Waals surface area contributed by atoms with E-state index in [0.29, 0.717) is 16.7 Å². The van der Waals surface area contributed by atoms with Crippen LogP contribution in [-0.4, -0.2) is 25.2 Å². The Balaban J connectivity index is 1.47. The van der Waals surface area contributed by atoms with Crippen molar-refractivity contribution < 1.29 is 4.74 Å². The van der Waals surface area contributed by atoms with E-state index in [1.54, 1.807) is 0 Å². The maximum absolute atomic E-state index is 6.22. The first-order chi connectivity index (χ1) is 13.6. The lowest BCUT2D eigenvalue weighted by molar-refractivity contribution is 0.307. The molecule has 0 fully saturated rings. The van der Waals surface area contributed by atoms with Crippen molar-refractivity contribution >= 4 is 34.1 Å². The number of ether oxygens (including phenoxy) is 1. The molecule has 6 nitrogen and oxygen atoms in total. The molecule has 0 aliphatic carbocycles. The number of aromatic nitrogens is 5. The molecule has 0 saturated carbocycles. The Bertz CT molecular complexity index is 1070. The molecule has 28 heavy (non-hydrogen) atoms. The zero-order chi connectivity index (χ0) is 19.5. The van der Waals surface area contributed by atoms with Crippen molar-refractivity contribution in [3.63, 3.8) is 0 Å². The summed E-state index contributed by atoms with van der Waals surface area (Å²) < 4.78 is 8.23. The minimum atomic E-state index is 0.328. The predicted octanol–water partition coefficient (Wildman–Crippen LogP) is 4.98. The third-order valence-corrected chi connectivity index (χ3v) is 5.40. The Morgan fingerprint density at radius 3 is 2.68 bits per heavy atom. The molecule has 0 aliphatic rings. The van der Waals surface area contributed by atoms with Gasteiger partial charge in [0.2, 0.25) is 0 Å². The van der Waals surface area contributed by atoms with Gasteiger partial charge >= 0.3 is 0 Å². The largest absolute Gasteiger partial charge is 0.489 e. The number of tetrazole rings is 1. The Labute approximate surface area is 172 Å². The maximum atomic E-state index is 6.22. The van der Waals surface area contributed by atoms with Gasteiger partial charge in [-0.2, -0.15) is 5.21 Å². The van der Waals surface area contributed by atoms with Crippen molar-refractivity contribution in [1.29, 1.82) is 0 Å². The van der Waals surface area contributed by atoms with Gasteiger partial charge in [0.05, 0.1) is 0 Å². The fourth-order valence-electron chi connectivity index (χ4n) is 3.28. The Morgan fingerprint density at radius 2 is 1.93 bits per heavy atom. The molecule has 4 aromatic rings. The van der Waals surface area contributed by atoms with Gasteiger partial charge in [-0.25, -0.2) is 0 Å². The number of hydrogen-bond donors (Lipinski definition) is 1. The Morgan fingerprint density at radius 1 is 1.11 bits per heavy atom. The quantitative estimate of drug-likeness (QED) is 0.461. The second-order valence-corrected chi connectivity index (χ2v) is 7.39. The van der Waals surface area contributed by atoms with Gasteiger partial charge in [-0.15, -0.1) is 10.2 Å². The van der Waals surface area contributed by atoms with Gasteiger partial charge in [-0.1, -0.05) is 34.5 Å². The fourth-order valence-corrected chi connectivity index (χ4v) is 3.79. The summed E-state index contributed by atoms with van der Waals surface area (Å²) in [6, 6.07) is 13.7. The molecule has 2 aromatic carbocycles. The van der Waals surface area contributed by atoms with Crippen LogP contribution in [0.5, 0.6) is 5.75 Å². The van der Waals surface area contributed by atoms with Crippen LogP contribution in [0.2, 0.25) is 10.0 Å². The summed E-state index contributed by atoms with van der Waals surface area (Å²) in [6.07, 6.45) is 1.73. The number of nitrogens with zero attached hydrogens (tertiary/aromatic N) is 4. The first-order valence-corrected chi connectivity index (χ1v) is 9.75. The first kappa shape index (κ1) is 18.8. The maximum Gasteiger partial charge on any atom is 0.174 e. The molecule has 1 N–H and O–H groups in total. The third-order valence-electron chi connectivity index (χ3n) is 4.70. The zero-order valence-corrected chi connectivity index (χ0v) is 16.8. The standard InChI is InChI=1S/C20H19Cl2N5O/c1-13-10-14-11-15(28-12-16-17(21)4-2-5-18(16)22)7-8-19(14)27(13)9-3-6-20-23-25-26-24-20/h2,4-5,7-8,10-11H,3,6,9,12H2,1H3,(H,23,24,25,26). The van der Waals surface area contributed by atoms with Crippen LogP contribution in [0, 0.1) is 6.92 Å². The van der Waals surface area contributed by atoms with Gasteiger partial charge in [0, 0.05) is 45.2 Å². The van der Waals surface area contributed by atoms with E-state index in [1.165, 1.54) is 11.2 Å². The van der Waals surface area contributed by atoms with E-state index in [-0.39, 0.29) is 0 Å². The summed E-state index contributed by atoms with van der Waals surface area (Å²) in [4.78, 5) is 0. The minimum Gasteiger partial charge on any atom is -0.489 e. The topological polar surface area (TPSA) is 68.6 Å². The average molecular weight is 416 g/mol. The number of benzene rings is 2. The van der Waals surface area contributed by atoms with Gasteiger partial charge < -0.3 is 9.30 Å². The molecule has 0 bridgehead atoms. The van der Waals surface area contributed by atoms with E-state index in [0.717, 1.165) is 41.9 Å². The predicted molar refractivity (Wildman–Crippen MR) is 110 cm³/mol. The van der Waals surface area contributed by atoms with Gasteiger partial charge in [0.25, 0.3) is 0 Å². The number of halogens is 2. The highest BCUT2D eigenvalue weighted by Crippen LogP contribution is 2.28. The van der Waals surface area contributed by atoms with Crippen molar-refractivity contribution in [1.82, 2.24) is 25.2 Å². The van der Waals surface area contributed by atoms with Crippen LogP contribution in [-0.2, 0) is 19.6 Å². The molecule has 144 valence electrons. The number of nitrogens with one attached hydrogen (secondary N) is 1. The van der Waals surface area contributed by atoms with E-state index >= 15 is 0 Å². The summed E-state index contributed by atoms with van der Waals surface area (Å²) in [5.41, 5.74) is 3.17. The fraction of sp³-hybridized carbons (Fsp3) is 0.250. The van der Waals surface area contributed by atoms with E-state index in [2.05, 4.69) is 44.2 Å². The summed E-state index contributed by atoms with van der Waals surface area (Å²) in [7, 11) is 0. The molecular weight excluding hydrogens is 397 g/mol. The lowest BCUT2D eigenvalue weighted by Gasteiger charge is -2.10. The van der Waals surface area contributed by atoms with Crippen LogP contribution in [0.1, 0.15) is 23.5 Å². The highest BCUT2D eigenvalue weighted by molar-refractivity contribution is 6.35. The van der Waals surface area contributed by atoms with Crippen LogP contribution in [0.3, 0.4) is 0 Å². The highest BCUT2D eigenvalue weighted by atomic mass is 35.5. The van der Waals surface area contributed by atoms with Gasteiger partial charge in [0.15, 0.2) is 5.82 Å². The lowest BCUT2D eigenvalue weighted by Crippen LogP contribution is -2.02. The molecule has 0 unspecified atom stereocenters. The van der Waals surface area contributed by atoms with Crippen molar-refractivity contribution in [3.05, 3.63) is 69.6 Å². The summed E-state index contributed by atoms with van der Waals surface area (Å²) in [6.45, 7) is 3.33. The van der Waals surface area contributed by atoms with Crippen LogP contribution < -0.4 is 4.74 Å². The van der Waals surface area contributed by atoms with Crippen molar-refractivity contribution in [2.75, 3.05) is 0 Å². The number of aryl methyl sites for hydroxylation is 3. The van der Waals surface area contributed by atoms with Crippen molar-refractivity contribution in [2.24, 2.45) is 0 Å². The van der Waals surface area contributed by atoms with Gasteiger partial charge in [-0.3, -0.25) is 0 Å². The molecule has 4 rings (SSSR count). The highest BCUT2D eigenvalue weighted by Gasteiger charge is 2.10. The van der Waals surface area contributed by atoms with Crippen LogP contribution in [0.25, 0.3) is 10.9 Å². The van der Waals surface area contributed by atoms with Gasteiger partial charge in [-0.05, 0) is 49.7 Å². The molecule has 0 atom stereocenters. The first-order valence-electron chi connectivity index (χ1n) is 9.00. The smallest absolute Gasteiger partial charge is 0.174 e. The molecule has 8 heteroatoms. The number of aromatic amines is 1. The average Bonchev–Trinajstić information content (AvgIpc) is 3.29. The van der Waals surface area contributed by atoms with Gasteiger partial charge in [0.1, 0.15) is 12.4 Å². The van der Waals surface area contributed by atoms with E-state index in [1.807, 2.05) is 30.3 Å². The second-order valence-electron chi connectivity index (χ2n) is 6.58. The van der Waals surface area contributed by atoms with E-state index in [4.69, 9.17) is 27.9 Å². The molecule has 0 amide bonds. The van der Waals surface area contributed by atoms with Crippen LogP contribution >= 0.6 is 23.2 Å². The summed E-state index contributed by atoms with van der Waals surface area (Å²) >= 11 is 12.4. The normalized spacial score (nSPS) is 11.2. The SMILES string of the molecule is Cc1cc2cc(OCc3c(Cl)cccc3Cl)ccc2n1CCCc1nn[nH]n1. The Kier molecular flexibility index (Phi) is 5.50. The summed E-state index contributed by atoms with van der Waals surface area (Å²) in [5, 5.41) is 16.4. The van der Waals surface area contributed by atoms with Crippen molar-refractivity contribution in [3.8, 4) is 5.75 Å². The molecule has 0 saturated heterocycles. The number of rotatable bonds is 7. The molecule has 0 spiro atoms. The second kappa shape index (κ2) is 8.20. The number of H-pyrrole nitrogens is 1. The molecule has 0 aliphatic heterocycles. The zero-order valence-electron chi connectivity index (χ0n) is 15.3. The Hall–Kier alpha value is -2.57. The minimum absolute atomic E-state index is 0.328.